The first kappa shape index (κ1) is 35.8. The number of carbonyl (C=O) groups is 4. The van der Waals surface area contributed by atoms with E-state index in [9.17, 15) is 19.2 Å². The monoisotopic (exact) mass is 696 g/mol. The molecule has 0 saturated carbocycles. The normalized spacial score (nSPS) is 16.5. The highest BCUT2D eigenvalue weighted by Gasteiger charge is 2.41. The molecule has 2 heterocycles. The molecule has 2 aromatic rings. The van der Waals surface area contributed by atoms with Crippen molar-refractivity contribution in [2.45, 2.75) is 79.1 Å². The second-order valence-electron chi connectivity index (χ2n) is 11.7. The number of hydrogen-bond acceptors (Lipinski definition) is 8. The highest BCUT2D eigenvalue weighted by atomic mass is 32.2. The van der Waals surface area contributed by atoms with Crippen molar-refractivity contribution < 1.29 is 19.2 Å². The van der Waals surface area contributed by atoms with Crippen molar-refractivity contribution in [3.63, 3.8) is 0 Å². The Morgan fingerprint density at radius 3 is 1.39 bits per heavy atom. The summed E-state index contributed by atoms with van der Waals surface area (Å²) < 4.78 is 0.855. The molecule has 8 nitrogen and oxygen atoms in total. The van der Waals surface area contributed by atoms with Gasteiger partial charge in [-0.3, -0.25) is 29.0 Å². The van der Waals surface area contributed by atoms with Gasteiger partial charge in [-0.2, -0.15) is 0 Å². The van der Waals surface area contributed by atoms with Crippen LogP contribution in [0.15, 0.2) is 46.2 Å². The van der Waals surface area contributed by atoms with Crippen LogP contribution in [-0.2, 0) is 19.2 Å². The van der Waals surface area contributed by atoms with E-state index in [4.69, 9.17) is 24.4 Å². The zero-order valence-corrected chi connectivity index (χ0v) is 30.0. The Balaban J connectivity index is 1.17. The second kappa shape index (κ2) is 16.7. The number of amides is 4. The van der Waals surface area contributed by atoms with Crippen LogP contribution in [0.25, 0.3) is 0 Å². The number of rotatable bonds is 14. The quantitative estimate of drug-likeness (QED) is 0.119. The largest absolute Gasteiger partial charge is 0.326 e. The van der Waals surface area contributed by atoms with Gasteiger partial charge in [0.15, 0.2) is 0 Å². The predicted octanol–water partition coefficient (Wildman–Crippen LogP) is 7.55. The van der Waals surface area contributed by atoms with Crippen molar-refractivity contribution in [2.24, 2.45) is 0 Å². The molecule has 0 unspecified atom stereocenters. The van der Waals surface area contributed by atoms with E-state index in [1.54, 1.807) is 9.80 Å². The first-order chi connectivity index (χ1) is 21.9. The fourth-order valence-electron chi connectivity index (χ4n) is 5.25. The Morgan fingerprint density at radius 2 is 1.02 bits per heavy atom. The molecule has 0 radical (unpaired) electrons. The summed E-state index contributed by atoms with van der Waals surface area (Å²) in [6, 6.07) is 11.9. The zero-order valence-electron chi connectivity index (χ0n) is 26.7. The molecule has 46 heavy (non-hydrogen) atoms. The van der Waals surface area contributed by atoms with Gasteiger partial charge in [-0.1, -0.05) is 96.2 Å². The van der Waals surface area contributed by atoms with E-state index in [1.807, 2.05) is 64.1 Å². The van der Waals surface area contributed by atoms with Crippen LogP contribution in [0.1, 0.15) is 73.6 Å². The van der Waals surface area contributed by atoms with Gasteiger partial charge in [0.05, 0.1) is 9.81 Å². The van der Waals surface area contributed by atoms with Crippen LogP contribution >= 0.6 is 48.0 Å². The first-order valence-corrected chi connectivity index (χ1v) is 18.0. The Bertz CT molecular complexity index is 1470. The summed E-state index contributed by atoms with van der Waals surface area (Å²) in [5, 5.41) is 5.94. The number of hydrogen-bond donors (Lipinski definition) is 2. The SMILES string of the molecule is Cc1ccc(NC(=O)CCCCCN2C(=O)/C(=C3\SC(=S)N(CCCCCC(=O)Nc4ccc(C)cc4C)C3=O)SC2=S)c(C)c1. The molecule has 12 heteroatoms. The van der Waals surface area contributed by atoms with Crippen LogP contribution in [0.2, 0.25) is 0 Å². The Kier molecular flexibility index (Phi) is 13.0. The number of aryl methyl sites for hydroxylation is 4. The highest BCUT2D eigenvalue weighted by molar-refractivity contribution is 8.29. The smallest absolute Gasteiger partial charge is 0.267 e. The molecule has 0 aliphatic carbocycles. The number of anilines is 2. The summed E-state index contributed by atoms with van der Waals surface area (Å²) in [5.41, 5.74) is 6.02. The van der Waals surface area contributed by atoms with Gasteiger partial charge < -0.3 is 10.6 Å². The van der Waals surface area contributed by atoms with Crippen molar-refractivity contribution in [1.82, 2.24) is 9.80 Å². The molecular weight excluding hydrogens is 657 g/mol. The summed E-state index contributed by atoms with van der Waals surface area (Å²) in [7, 11) is 0. The van der Waals surface area contributed by atoms with E-state index in [0.717, 1.165) is 70.0 Å². The van der Waals surface area contributed by atoms with Gasteiger partial charge in [-0.15, -0.1) is 0 Å². The summed E-state index contributed by atoms with van der Waals surface area (Å²) in [6.07, 6.45) is 5.11. The van der Waals surface area contributed by atoms with Crippen LogP contribution in [0, 0.1) is 27.7 Å². The standard InChI is InChI=1S/C34H40N4O4S4/c1-21-13-15-25(23(3)19-21)35-27(39)11-7-5-9-17-37-31(41)29(45-33(37)43)30-32(42)38(34(44)46-30)18-10-6-8-12-28(40)36-26-16-14-22(2)20-24(26)4/h13-16,19-20H,5-12,17-18H2,1-4H3,(H,35,39)(H,36,40)/b30-29+. The molecule has 0 aromatic heterocycles. The van der Waals surface area contributed by atoms with E-state index in [0.29, 0.717) is 70.1 Å². The predicted molar refractivity (Wildman–Crippen MR) is 197 cm³/mol. The van der Waals surface area contributed by atoms with Gasteiger partial charge in [0, 0.05) is 37.3 Å². The number of carbonyl (C=O) groups excluding carboxylic acids is 4. The van der Waals surface area contributed by atoms with Gasteiger partial charge in [-0.25, -0.2) is 0 Å². The maximum Gasteiger partial charge on any atom is 0.267 e. The lowest BCUT2D eigenvalue weighted by molar-refractivity contribution is -0.124. The number of unbranched alkanes of at least 4 members (excludes halogenated alkanes) is 4. The molecule has 2 aromatic carbocycles. The van der Waals surface area contributed by atoms with E-state index in [2.05, 4.69) is 10.6 Å². The summed E-state index contributed by atoms with van der Waals surface area (Å²) in [5.74, 6) is -0.590. The number of nitrogens with zero attached hydrogens (tertiary/aromatic N) is 2. The van der Waals surface area contributed by atoms with Gasteiger partial charge >= 0.3 is 0 Å². The van der Waals surface area contributed by atoms with Crippen molar-refractivity contribution in [3.8, 4) is 0 Å². The fraction of sp³-hybridized carbons (Fsp3) is 0.412. The topological polar surface area (TPSA) is 98.8 Å². The molecule has 2 aliphatic rings. The first-order valence-electron chi connectivity index (χ1n) is 15.5. The fourth-order valence-corrected chi connectivity index (χ4v) is 8.02. The molecule has 2 aliphatic heterocycles. The van der Waals surface area contributed by atoms with Crippen molar-refractivity contribution in [2.75, 3.05) is 23.7 Å². The number of benzene rings is 2. The van der Waals surface area contributed by atoms with Crippen molar-refractivity contribution in [1.29, 1.82) is 0 Å². The van der Waals surface area contributed by atoms with Crippen LogP contribution in [0.4, 0.5) is 11.4 Å². The van der Waals surface area contributed by atoms with Crippen molar-refractivity contribution in [3.05, 3.63) is 68.5 Å². The summed E-state index contributed by atoms with van der Waals surface area (Å²) in [4.78, 5) is 55.0. The van der Waals surface area contributed by atoms with E-state index < -0.39 is 0 Å². The molecule has 2 fully saturated rings. The minimum atomic E-state index is -0.266. The average Bonchev–Trinajstić information content (AvgIpc) is 3.44. The molecule has 0 atom stereocenters. The minimum absolute atomic E-state index is 0.0294. The molecule has 244 valence electrons. The van der Waals surface area contributed by atoms with Crippen molar-refractivity contribution >= 4 is 91.6 Å². The summed E-state index contributed by atoms with van der Waals surface area (Å²) in [6.45, 7) is 8.85. The van der Waals surface area contributed by atoms with Crippen LogP contribution < -0.4 is 10.6 Å². The highest BCUT2D eigenvalue weighted by Crippen LogP contribution is 2.42. The molecule has 2 saturated heterocycles. The second-order valence-corrected chi connectivity index (χ2v) is 15.0. The molecular formula is C34H40N4O4S4. The third kappa shape index (κ3) is 9.49. The lowest BCUT2D eigenvalue weighted by Gasteiger charge is -2.15. The molecule has 4 amide bonds. The maximum absolute atomic E-state index is 13.3. The zero-order chi connectivity index (χ0) is 33.4. The number of thiocarbonyl (C=S) groups is 2. The average molecular weight is 697 g/mol. The Morgan fingerprint density at radius 1 is 0.630 bits per heavy atom. The van der Waals surface area contributed by atoms with Gasteiger partial charge in [0.2, 0.25) is 11.8 Å². The van der Waals surface area contributed by atoms with E-state index >= 15 is 0 Å². The Labute approximate surface area is 290 Å². The van der Waals surface area contributed by atoms with Crippen LogP contribution in [0.5, 0.6) is 0 Å². The van der Waals surface area contributed by atoms with E-state index in [1.165, 1.54) is 0 Å². The van der Waals surface area contributed by atoms with Crippen LogP contribution in [-0.4, -0.2) is 55.2 Å². The number of thioether (sulfide) groups is 2. The molecule has 0 spiro atoms. The molecule has 2 N–H and O–H groups in total. The van der Waals surface area contributed by atoms with Gasteiger partial charge in [0.1, 0.15) is 8.64 Å². The van der Waals surface area contributed by atoms with E-state index in [-0.39, 0.29) is 23.6 Å². The molecule has 0 bridgehead atoms. The van der Waals surface area contributed by atoms with Gasteiger partial charge in [0.25, 0.3) is 11.8 Å². The maximum atomic E-state index is 13.3. The summed E-state index contributed by atoms with van der Waals surface area (Å²) >= 11 is 13.3. The lowest BCUT2D eigenvalue weighted by Crippen LogP contribution is -2.31. The van der Waals surface area contributed by atoms with Gasteiger partial charge in [-0.05, 0) is 76.6 Å². The lowest BCUT2D eigenvalue weighted by atomic mass is 10.1. The third-order valence-electron chi connectivity index (χ3n) is 7.79. The Hall–Kier alpha value is -3.06. The number of nitrogens with one attached hydrogen (secondary N) is 2. The van der Waals surface area contributed by atoms with Crippen LogP contribution in [0.3, 0.4) is 0 Å². The molecule has 4 rings (SSSR count). The third-order valence-corrected chi connectivity index (χ3v) is 10.8. The minimum Gasteiger partial charge on any atom is -0.326 e.